The molecule has 19 heavy (non-hydrogen) atoms. The van der Waals surface area contributed by atoms with Gasteiger partial charge in [0.25, 0.3) is 0 Å². The molecule has 1 aliphatic rings. The summed E-state index contributed by atoms with van der Waals surface area (Å²) in [5.41, 5.74) is 0.663. The van der Waals surface area contributed by atoms with Crippen LogP contribution in [0.4, 0.5) is 11.6 Å². The van der Waals surface area contributed by atoms with Gasteiger partial charge in [-0.05, 0) is 13.5 Å². The van der Waals surface area contributed by atoms with Crippen LogP contribution in [0.25, 0.3) is 0 Å². The lowest BCUT2D eigenvalue weighted by molar-refractivity contribution is -0.116. The van der Waals surface area contributed by atoms with Gasteiger partial charge in [-0.15, -0.1) is 0 Å². The largest absolute Gasteiger partial charge is 0.338 e. The lowest BCUT2D eigenvalue weighted by Crippen LogP contribution is -2.45. The van der Waals surface area contributed by atoms with Crippen LogP contribution in [-0.2, 0) is 4.79 Å². The topological polar surface area (TPSA) is 61.4 Å². The zero-order valence-corrected chi connectivity index (χ0v) is 11.6. The summed E-state index contributed by atoms with van der Waals surface area (Å²) in [6, 6.07) is 0. The molecule has 6 nitrogen and oxygen atoms in total. The molecule has 0 aromatic carbocycles. The molecule has 0 saturated carbocycles. The summed E-state index contributed by atoms with van der Waals surface area (Å²) in [7, 11) is 2.12. The quantitative estimate of drug-likeness (QED) is 0.877. The molecule has 2 rings (SSSR count). The molecule has 1 N–H and O–H groups in total. The monoisotopic (exact) mass is 263 g/mol. The number of hydrogen-bond acceptors (Lipinski definition) is 5. The molecule has 0 radical (unpaired) electrons. The van der Waals surface area contributed by atoms with Crippen LogP contribution < -0.4 is 10.2 Å². The summed E-state index contributed by atoms with van der Waals surface area (Å²) in [4.78, 5) is 24.5. The molecule has 0 aliphatic carbocycles. The summed E-state index contributed by atoms with van der Waals surface area (Å²) in [5.74, 6) is 0.750. The molecule has 0 unspecified atom stereocenters. The fourth-order valence-corrected chi connectivity index (χ4v) is 2.01. The Balaban J connectivity index is 1.92. The number of carbonyl (C=O) groups is 1. The molecule has 0 bridgehead atoms. The van der Waals surface area contributed by atoms with Crippen LogP contribution in [0.15, 0.2) is 12.4 Å². The highest BCUT2D eigenvalue weighted by atomic mass is 16.1. The number of carbonyl (C=O) groups excluding carboxylic acids is 1. The SMILES string of the molecule is CCCC(=O)Nc1cnc(N2CCN(C)CC2)nc1. The van der Waals surface area contributed by atoms with E-state index in [4.69, 9.17) is 0 Å². The average molecular weight is 263 g/mol. The third-order valence-electron chi connectivity index (χ3n) is 3.19. The van der Waals surface area contributed by atoms with Gasteiger partial charge >= 0.3 is 0 Å². The Kier molecular flexibility index (Phi) is 4.68. The number of piperazine rings is 1. The highest BCUT2D eigenvalue weighted by Gasteiger charge is 2.16. The minimum absolute atomic E-state index is 0.0125. The maximum absolute atomic E-state index is 11.5. The van der Waals surface area contributed by atoms with Crippen molar-refractivity contribution in [3.63, 3.8) is 0 Å². The van der Waals surface area contributed by atoms with Gasteiger partial charge < -0.3 is 15.1 Å². The van der Waals surface area contributed by atoms with Crippen LogP contribution in [0, 0.1) is 0 Å². The Morgan fingerprint density at radius 1 is 1.26 bits per heavy atom. The van der Waals surface area contributed by atoms with E-state index in [9.17, 15) is 4.79 Å². The van der Waals surface area contributed by atoms with E-state index < -0.39 is 0 Å². The van der Waals surface area contributed by atoms with Crippen molar-refractivity contribution in [1.82, 2.24) is 14.9 Å². The van der Waals surface area contributed by atoms with E-state index in [-0.39, 0.29) is 5.91 Å². The van der Waals surface area contributed by atoms with Gasteiger partial charge in [-0.25, -0.2) is 9.97 Å². The average Bonchev–Trinajstić information content (AvgIpc) is 2.41. The van der Waals surface area contributed by atoms with Crippen molar-refractivity contribution in [3.05, 3.63) is 12.4 Å². The molecule has 6 heteroatoms. The summed E-state index contributed by atoms with van der Waals surface area (Å²) >= 11 is 0. The van der Waals surface area contributed by atoms with Crippen molar-refractivity contribution in [2.75, 3.05) is 43.4 Å². The first-order valence-electron chi connectivity index (χ1n) is 6.74. The van der Waals surface area contributed by atoms with E-state index in [2.05, 4.69) is 32.1 Å². The Morgan fingerprint density at radius 2 is 1.89 bits per heavy atom. The standard InChI is InChI=1S/C13H21N5O/c1-3-4-12(19)16-11-9-14-13(15-10-11)18-7-5-17(2)6-8-18/h9-10H,3-8H2,1-2H3,(H,16,19). The van der Waals surface area contributed by atoms with Crippen LogP contribution in [0.2, 0.25) is 0 Å². The molecule has 1 aromatic heterocycles. The van der Waals surface area contributed by atoms with Gasteiger partial charge in [-0.2, -0.15) is 0 Å². The van der Waals surface area contributed by atoms with Crippen LogP contribution in [0.3, 0.4) is 0 Å². The van der Waals surface area contributed by atoms with Gasteiger partial charge in [0.05, 0.1) is 18.1 Å². The van der Waals surface area contributed by atoms with Crippen LogP contribution in [0.5, 0.6) is 0 Å². The smallest absolute Gasteiger partial charge is 0.225 e. The minimum Gasteiger partial charge on any atom is -0.338 e. The first-order valence-corrected chi connectivity index (χ1v) is 6.74. The minimum atomic E-state index is 0.0125. The maximum Gasteiger partial charge on any atom is 0.225 e. The second kappa shape index (κ2) is 6.47. The molecule has 1 aliphatic heterocycles. The fourth-order valence-electron chi connectivity index (χ4n) is 2.01. The van der Waals surface area contributed by atoms with Gasteiger partial charge in [0, 0.05) is 32.6 Å². The number of rotatable bonds is 4. The number of likely N-dealkylation sites (N-methyl/N-ethyl adjacent to an activating group) is 1. The zero-order valence-electron chi connectivity index (χ0n) is 11.6. The fraction of sp³-hybridized carbons (Fsp3) is 0.615. The number of aromatic nitrogens is 2. The van der Waals surface area contributed by atoms with Crippen molar-refractivity contribution in [1.29, 1.82) is 0 Å². The third kappa shape index (κ3) is 3.89. The van der Waals surface area contributed by atoms with Crippen LogP contribution >= 0.6 is 0 Å². The van der Waals surface area contributed by atoms with Gasteiger partial charge in [-0.1, -0.05) is 6.92 Å². The summed E-state index contributed by atoms with van der Waals surface area (Å²) < 4.78 is 0. The van der Waals surface area contributed by atoms with Gasteiger partial charge in [0.2, 0.25) is 11.9 Å². The Bertz CT molecular complexity index is 412. The molecule has 0 atom stereocenters. The summed E-state index contributed by atoms with van der Waals surface area (Å²) in [5, 5.41) is 2.79. The van der Waals surface area contributed by atoms with Crippen LogP contribution in [0.1, 0.15) is 19.8 Å². The number of hydrogen-bond donors (Lipinski definition) is 1. The molecule has 104 valence electrons. The van der Waals surface area contributed by atoms with Crippen LogP contribution in [-0.4, -0.2) is 54.0 Å². The van der Waals surface area contributed by atoms with Crippen molar-refractivity contribution in [2.24, 2.45) is 0 Å². The van der Waals surface area contributed by atoms with E-state index in [1.54, 1.807) is 12.4 Å². The highest BCUT2D eigenvalue weighted by Crippen LogP contribution is 2.12. The molecule has 1 amide bonds. The molecule has 1 saturated heterocycles. The lowest BCUT2D eigenvalue weighted by atomic mass is 10.3. The lowest BCUT2D eigenvalue weighted by Gasteiger charge is -2.32. The molecule has 0 spiro atoms. The molecule has 2 heterocycles. The van der Waals surface area contributed by atoms with Gasteiger partial charge in [0.15, 0.2) is 0 Å². The summed E-state index contributed by atoms with van der Waals surface area (Å²) in [6.07, 6.45) is 4.72. The van der Waals surface area contributed by atoms with E-state index in [0.717, 1.165) is 38.5 Å². The third-order valence-corrected chi connectivity index (χ3v) is 3.19. The summed E-state index contributed by atoms with van der Waals surface area (Å²) in [6.45, 7) is 5.92. The first kappa shape index (κ1) is 13.7. The predicted octanol–water partition coefficient (Wildman–Crippen LogP) is 0.967. The first-order chi connectivity index (χ1) is 9.19. The highest BCUT2D eigenvalue weighted by molar-refractivity contribution is 5.90. The number of anilines is 2. The van der Waals surface area contributed by atoms with Crippen molar-refractivity contribution >= 4 is 17.5 Å². The Morgan fingerprint density at radius 3 is 2.47 bits per heavy atom. The van der Waals surface area contributed by atoms with Crippen molar-refractivity contribution < 1.29 is 4.79 Å². The number of amides is 1. The molecular formula is C13H21N5O. The Hall–Kier alpha value is -1.69. The number of nitrogens with zero attached hydrogens (tertiary/aromatic N) is 4. The van der Waals surface area contributed by atoms with E-state index in [1.807, 2.05) is 6.92 Å². The maximum atomic E-state index is 11.5. The number of nitrogens with one attached hydrogen (secondary N) is 1. The molecule has 1 aromatic rings. The van der Waals surface area contributed by atoms with E-state index >= 15 is 0 Å². The Labute approximate surface area is 113 Å². The normalized spacial score (nSPS) is 16.4. The second-order valence-electron chi connectivity index (χ2n) is 4.86. The molecule has 1 fully saturated rings. The van der Waals surface area contributed by atoms with Gasteiger partial charge in [-0.3, -0.25) is 4.79 Å². The van der Waals surface area contributed by atoms with E-state index in [0.29, 0.717) is 12.1 Å². The zero-order chi connectivity index (χ0) is 13.7. The van der Waals surface area contributed by atoms with Crippen molar-refractivity contribution in [2.45, 2.75) is 19.8 Å². The van der Waals surface area contributed by atoms with E-state index in [1.165, 1.54) is 0 Å². The van der Waals surface area contributed by atoms with Crippen molar-refractivity contribution in [3.8, 4) is 0 Å². The van der Waals surface area contributed by atoms with Gasteiger partial charge in [0.1, 0.15) is 0 Å². The second-order valence-corrected chi connectivity index (χ2v) is 4.86. The predicted molar refractivity (Wildman–Crippen MR) is 75.3 cm³/mol. The molecular weight excluding hydrogens is 242 g/mol.